The summed E-state index contributed by atoms with van der Waals surface area (Å²) in [7, 11) is 0. The largest absolute Gasteiger partial charge is 0.489 e. The second kappa shape index (κ2) is 24.5. The predicted octanol–water partition coefficient (Wildman–Crippen LogP) is 13.4. The fraction of sp³-hybridized carbons (Fsp3) is 0.571. The standard InChI is InChI=1S/C56H76O10S4/c1-53(2,3)37-29-41-49-45(33-37)69-46-34-39(55(7,8)9)31-43-51(46)65-27-23-61-19-15-58-16-20-62-24-28-66-52-44(68-43)32-40(56(10,11)12)36-48(52)70-47-35-38(54(4,5)6)30-42(67-41)50(47)64-26-22-60-18-14-57-13-17-59-21-25-63-49/h29-36H,13-28H2,1-12H3. The van der Waals surface area contributed by atoms with Gasteiger partial charge in [-0.3, -0.25) is 0 Å². The van der Waals surface area contributed by atoms with Crippen LogP contribution in [-0.4, -0.2) is 106 Å². The summed E-state index contributed by atoms with van der Waals surface area (Å²) < 4.78 is 64.0. The smallest absolute Gasteiger partial charge is 0.147 e. The quantitative estimate of drug-likeness (QED) is 0.147. The molecule has 3 aliphatic heterocycles. The van der Waals surface area contributed by atoms with Crippen molar-refractivity contribution in [2.24, 2.45) is 0 Å². The van der Waals surface area contributed by atoms with Gasteiger partial charge in [0.2, 0.25) is 0 Å². The van der Waals surface area contributed by atoms with Gasteiger partial charge in [0.25, 0.3) is 0 Å². The third-order valence-corrected chi connectivity index (χ3v) is 16.0. The van der Waals surface area contributed by atoms with E-state index in [0.717, 1.165) is 62.2 Å². The molecule has 0 amide bonds. The summed E-state index contributed by atoms with van der Waals surface area (Å²) in [5, 5.41) is 0. The third-order valence-electron chi connectivity index (χ3n) is 11.8. The Hall–Kier alpha value is -2.76. The summed E-state index contributed by atoms with van der Waals surface area (Å²) in [6, 6.07) is 18.4. The zero-order chi connectivity index (χ0) is 50.1. The van der Waals surface area contributed by atoms with Crippen LogP contribution >= 0.6 is 47.0 Å². The normalized spacial score (nSPS) is 18.1. The van der Waals surface area contributed by atoms with Crippen LogP contribution in [0.5, 0.6) is 23.0 Å². The Morgan fingerprint density at radius 3 is 0.529 bits per heavy atom. The van der Waals surface area contributed by atoms with Gasteiger partial charge >= 0.3 is 0 Å². The number of benzene rings is 4. The maximum absolute atomic E-state index is 7.00. The van der Waals surface area contributed by atoms with Crippen molar-refractivity contribution in [3.8, 4) is 23.0 Å². The zero-order valence-corrected chi connectivity index (χ0v) is 46.9. The first-order valence-corrected chi connectivity index (χ1v) is 28.0. The van der Waals surface area contributed by atoms with E-state index in [9.17, 15) is 0 Å². The average molecular weight is 1040 g/mol. The minimum absolute atomic E-state index is 0.199. The molecule has 70 heavy (non-hydrogen) atoms. The van der Waals surface area contributed by atoms with E-state index >= 15 is 0 Å². The lowest BCUT2D eigenvalue weighted by Crippen LogP contribution is -2.17. The number of hydrogen-bond acceptors (Lipinski definition) is 14. The first-order chi connectivity index (χ1) is 33.3. The minimum Gasteiger partial charge on any atom is -0.489 e. The number of hydrogen-bond donors (Lipinski definition) is 0. The van der Waals surface area contributed by atoms with Gasteiger partial charge in [-0.1, -0.05) is 130 Å². The van der Waals surface area contributed by atoms with Crippen molar-refractivity contribution >= 4 is 47.0 Å². The van der Waals surface area contributed by atoms with Crippen LogP contribution in [0.15, 0.2) is 87.7 Å². The topological polar surface area (TPSA) is 92.3 Å². The van der Waals surface area contributed by atoms with Crippen LogP contribution in [-0.2, 0) is 50.1 Å². The van der Waals surface area contributed by atoms with Crippen molar-refractivity contribution in [3.05, 3.63) is 70.8 Å². The third kappa shape index (κ3) is 15.2. The molecule has 3 aliphatic rings. The van der Waals surface area contributed by atoms with Crippen LogP contribution in [0.1, 0.15) is 105 Å². The molecule has 0 atom stereocenters. The molecule has 3 heterocycles. The second-order valence-corrected chi connectivity index (χ2v) is 26.0. The molecule has 14 heteroatoms. The summed E-state index contributed by atoms with van der Waals surface area (Å²) in [6.07, 6.45) is 0. The molecule has 12 bridgehead atoms. The van der Waals surface area contributed by atoms with Crippen molar-refractivity contribution in [1.82, 2.24) is 0 Å². The lowest BCUT2D eigenvalue weighted by Gasteiger charge is -2.28. The van der Waals surface area contributed by atoms with Crippen LogP contribution in [0, 0.1) is 0 Å². The highest BCUT2D eigenvalue weighted by Crippen LogP contribution is 2.56. The molecule has 0 radical (unpaired) electrons. The van der Waals surface area contributed by atoms with Crippen molar-refractivity contribution in [1.29, 1.82) is 0 Å². The molecular weight excluding hydrogens is 961 g/mol. The monoisotopic (exact) mass is 1040 g/mol. The van der Waals surface area contributed by atoms with Crippen LogP contribution in [0.2, 0.25) is 0 Å². The fourth-order valence-corrected chi connectivity index (χ4v) is 12.4. The van der Waals surface area contributed by atoms with Gasteiger partial charge in [0, 0.05) is 0 Å². The Balaban J connectivity index is 1.58. The highest BCUT2D eigenvalue weighted by molar-refractivity contribution is 8.01. The van der Waals surface area contributed by atoms with Gasteiger partial charge in [-0.15, -0.1) is 0 Å². The molecule has 0 unspecified atom stereocenters. The molecule has 4 aromatic rings. The SMILES string of the molecule is CC(C)(C)c1cc2c3c(c1)Sc1cc(C(C)(C)C)cc4c1OCCOCCOCCOCCOc1c(cc(C(C)(C)C)cc1Sc1cc(C(C)(C)C)cc(c1OCCOCCOCCOCCO3)S2)S4. The van der Waals surface area contributed by atoms with E-state index in [1.165, 1.54) is 22.3 Å². The predicted molar refractivity (Wildman–Crippen MR) is 284 cm³/mol. The van der Waals surface area contributed by atoms with Gasteiger partial charge in [0.1, 0.15) is 49.4 Å². The van der Waals surface area contributed by atoms with Gasteiger partial charge in [-0.25, -0.2) is 0 Å². The van der Waals surface area contributed by atoms with E-state index in [4.69, 9.17) is 47.4 Å². The van der Waals surface area contributed by atoms with Crippen LogP contribution < -0.4 is 18.9 Å². The Bertz CT molecular complexity index is 2050. The average Bonchev–Trinajstić information content (AvgIpc) is 3.26. The van der Waals surface area contributed by atoms with Gasteiger partial charge in [-0.05, 0) is 92.4 Å². The van der Waals surface area contributed by atoms with Crippen LogP contribution in [0.25, 0.3) is 0 Å². The van der Waals surface area contributed by atoms with Crippen LogP contribution in [0.3, 0.4) is 0 Å². The summed E-state index contributed by atoms with van der Waals surface area (Å²) in [5.41, 5.74) is 3.94. The lowest BCUT2D eigenvalue weighted by molar-refractivity contribution is 0.00438. The molecule has 0 aromatic heterocycles. The molecule has 0 N–H and O–H groups in total. The Labute approximate surface area is 435 Å². The second-order valence-electron chi connectivity index (χ2n) is 21.7. The highest BCUT2D eigenvalue weighted by atomic mass is 32.2. The molecule has 384 valence electrons. The molecule has 0 aliphatic carbocycles. The van der Waals surface area contributed by atoms with Crippen molar-refractivity contribution in [3.63, 3.8) is 0 Å². The Morgan fingerprint density at radius 2 is 0.386 bits per heavy atom. The summed E-state index contributed by atoms with van der Waals surface area (Å²) >= 11 is 6.75. The minimum atomic E-state index is -0.199. The van der Waals surface area contributed by atoms with Gasteiger partial charge in [0.05, 0.1) is 118 Å². The van der Waals surface area contributed by atoms with E-state index in [1.54, 1.807) is 47.0 Å². The maximum atomic E-state index is 7.00. The summed E-state index contributed by atoms with van der Waals surface area (Å²) in [4.78, 5) is 7.85. The zero-order valence-electron chi connectivity index (χ0n) is 43.6. The van der Waals surface area contributed by atoms with E-state index in [1.807, 2.05) is 0 Å². The summed E-state index contributed by atoms with van der Waals surface area (Å²) in [6.45, 7) is 33.9. The molecule has 0 spiro atoms. The van der Waals surface area contributed by atoms with Gasteiger partial charge < -0.3 is 47.4 Å². The van der Waals surface area contributed by atoms with Crippen molar-refractivity contribution < 1.29 is 47.4 Å². The molecule has 0 fully saturated rings. The molecule has 10 nitrogen and oxygen atoms in total. The first-order valence-electron chi connectivity index (χ1n) is 24.7. The van der Waals surface area contributed by atoms with E-state index in [0.29, 0.717) is 106 Å². The van der Waals surface area contributed by atoms with Crippen molar-refractivity contribution in [2.75, 3.05) is 106 Å². The molecule has 7 rings (SSSR count). The molecular formula is C56H76O10S4. The fourth-order valence-electron chi connectivity index (χ4n) is 7.58. The van der Waals surface area contributed by atoms with Gasteiger partial charge in [-0.2, -0.15) is 0 Å². The maximum Gasteiger partial charge on any atom is 0.147 e. The Morgan fingerprint density at radius 1 is 0.243 bits per heavy atom. The first kappa shape index (κ1) is 55.0. The summed E-state index contributed by atoms with van der Waals surface area (Å²) in [5.74, 6) is 3.13. The van der Waals surface area contributed by atoms with Gasteiger partial charge in [0.15, 0.2) is 0 Å². The molecule has 0 saturated carbocycles. The van der Waals surface area contributed by atoms with E-state index in [-0.39, 0.29) is 21.7 Å². The Kier molecular flexibility index (Phi) is 19.3. The van der Waals surface area contributed by atoms with Crippen molar-refractivity contribution in [2.45, 2.75) is 144 Å². The van der Waals surface area contributed by atoms with E-state index < -0.39 is 0 Å². The van der Waals surface area contributed by atoms with Crippen LogP contribution in [0.4, 0.5) is 0 Å². The lowest BCUT2D eigenvalue weighted by atomic mass is 9.87. The number of rotatable bonds is 0. The highest BCUT2D eigenvalue weighted by Gasteiger charge is 2.31. The van der Waals surface area contributed by atoms with E-state index in [2.05, 4.69) is 132 Å². The molecule has 0 saturated heterocycles. The molecule has 4 aromatic carbocycles. The number of ether oxygens (including phenoxy) is 10.